The maximum Gasteiger partial charge on any atom is 0.312 e. The van der Waals surface area contributed by atoms with Crippen LogP contribution in [0.4, 0.5) is 5.88 Å². The van der Waals surface area contributed by atoms with E-state index in [9.17, 15) is 19.5 Å². The Morgan fingerprint density at radius 1 is 1.39 bits per heavy atom. The Labute approximate surface area is 208 Å². The van der Waals surface area contributed by atoms with Crippen molar-refractivity contribution in [3.8, 4) is 0 Å². The molecule has 0 saturated carbocycles. The van der Waals surface area contributed by atoms with Gasteiger partial charge in [0, 0.05) is 42.1 Å². The first-order chi connectivity index (χ1) is 17.3. The second-order valence-electron chi connectivity index (χ2n) is 8.60. The summed E-state index contributed by atoms with van der Waals surface area (Å²) in [6, 6.07) is 9.98. The van der Waals surface area contributed by atoms with E-state index < -0.39 is 28.7 Å². The topological polar surface area (TPSA) is 173 Å². The third-order valence-corrected chi connectivity index (χ3v) is 7.90. The number of carboxylic acids is 1. The number of thioether (sulfide) groups is 1. The van der Waals surface area contributed by atoms with Gasteiger partial charge < -0.3 is 30.4 Å². The van der Waals surface area contributed by atoms with E-state index in [0.717, 1.165) is 10.8 Å². The van der Waals surface area contributed by atoms with Crippen molar-refractivity contribution < 1.29 is 28.9 Å². The lowest BCUT2D eigenvalue weighted by Gasteiger charge is -2.53. The van der Waals surface area contributed by atoms with E-state index in [1.54, 1.807) is 6.20 Å². The van der Waals surface area contributed by atoms with E-state index in [-0.39, 0.29) is 41.9 Å². The van der Waals surface area contributed by atoms with Crippen LogP contribution in [0, 0.1) is 5.41 Å². The number of hydrogen-bond donors (Lipinski definition) is 3. The molecule has 2 saturated heterocycles. The predicted molar refractivity (Wildman–Crippen MR) is 130 cm³/mol. The number of aliphatic carboxylic acids is 1. The zero-order valence-electron chi connectivity index (χ0n) is 19.1. The van der Waals surface area contributed by atoms with Crippen LogP contribution in [-0.4, -0.2) is 74.5 Å². The van der Waals surface area contributed by atoms with Crippen molar-refractivity contribution >= 4 is 51.9 Å². The smallest absolute Gasteiger partial charge is 0.312 e. The van der Waals surface area contributed by atoms with Gasteiger partial charge in [-0.1, -0.05) is 34.6 Å². The molecule has 2 amide bonds. The van der Waals surface area contributed by atoms with Crippen LogP contribution in [0.2, 0.25) is 0 Å². The molecule has 2 aliphatic rings. The third-order valence-electron chi connectivity index (χ3n) is 6.32. The quantitative estimate of drug-likeness (QED) is 0.235. The average Bonchev–Trinajstić information content (AvgIpc) is 3.31. The second-order valence-corrected chi connectivity index (χ2v) is 9.70. The molecule has 2 fully saturated rings. The number of fused-ring (bicyclic) bond motifs is 2. The Morgan fingerprint density at radius 2 is 2.19 bits per heavy atom. The molecule has 0 radical (unpaired) electrons. The molecule has 1 aromatic carbocycles. The molecule has 4 N–H and O–H groups in total. The minimum absolute atomic E-state index is 0.00887. The minimum Gasteiger partial charge on any atom is -0.481 e. The van der Waals surface area contributed by atoms with Crippen LogP contribution in [0.25, 0.3) is 10.8 Å². The number of nitrogens with two attached hydrogens (primary N) is 1. The van der Waals surface area contributed by atoms with Crippen LogP contribution in [0.1, 0.15) is 11.4 Å². The van der Waals surface area contributed by atoms with Crippen LogP contribution >= 0.6 is 11.8 Å². The molecule has 0 bridgehead atoms. The van der Waals surface area contributed by atoms with Gasteiger partial charge in [0.15, 0.2) is 5.71 Å². The molecule has 4 heterocycles. The Hall–Kier alpha value is -4.13. The fourth-order valence-electron chi connectivity index (χ4n) is 4.49. The van der Waals surface area contributed by atoms with Crippen molar-refractivity contribution in [1.82, 2.24) is 20.4 Å². The lowest BCUT2D eigenvalue weighted by molar-refractivity contribution is -0.158. The fourth-order valence-corrected chi connectivity index (χ4v) is 6.03. The maximum atomic E-state index is 13.0. The summed E-state index contributed by atoms with van der Waals surface area (Å²) in [5.74, 6) is -1.85. The summed E-state index contributed by atoms with van der Waals surface area (Å²) >= 11 is 1.31. The lowest BCUT2D eigenvalue weighted by atomic mass is 9.81. The molecule has 5 rings (SSSR count). The van der Waals surface area contributed by atoms with Crippen molar-refractivity contribution in [1.29, 1.82) is 0 Å². The number of carbonyl (C=O) groups is 3. The molecule has 2 unspecified atom stereocenters. The van der Waals surface area contributed by atoms with Crippen molar-refractivity contribution in [2.24, 2.45) is 10.6 Å². The van der Waals surface area contributed by atoms with Crippen molar-refractivity contribution in [3.05, 3.63) is 54.0 Å². The Balaban J connectivity index is 1.33. The van der Waals surface area contributed by atoms with Gasteiger partial charge in [-0.05, 0) is 11.5 Å². The van der Waals surface area contributed by atoms with Gasteiger partial charge in [0.1, 0.15) is 24.2 Å². The van der Waals surface area contributed by atoms with E-state index in [0.29, 0.717) is 5.69 Å². The van der Waals surface area contributed by atoms with Gasteiger partial charge in [-0.2, -0.15) is 0 Å². The zero-order chi connectivity index (χ0) is 25.4. The number of hydrogen-bond acceptors (Lipinski definition) is 10. The van der Waals surface area contributed by atoms with Gasteiger partial charge in [0.25, 0.3) is 5.91 Å². The lowest BCUT2D eigenvalue weighted by Crippen LogP contribution is -2.74. The number of nitrogen functional groups attached to an aromatic ring is 1. The standard InChI is InChI=1S/C23H22N6O6S/c1-34-28-17(14-8-16(24)35-27-14)19(30)26-18-20(31)29-10-23(22(32)33,11-36-21(18)29)9-15-13-5-3-2-4-12(13)6-7-25-15/h2-8,18,21H,9-11,24H2,1H3,(H,26,30)(H,32,33)/t18?,21-,23?/m1/s1. The number of amides is 2. The van der Waals surface area contributed by atoms with Gasteiger partial charge in [-0.3, -0.25) is 19.4 Å². The van der Waals surface area contributed by atoms with E-state index in [2.05, 4.69) is 20.6 Å². The molecule has 0 aliphatic carbocycles. The van der Waals surface area contributed by atoms with Gasteiger partial charge in [-0.15, -0.1) is 11.8 Å². The van der Waals surface area contributed by atoms with E-state index in [1.807, 2.05) is 30.3 Å². The number of oxime groups is 1. The van der Waals surface area contributed by atoms with Crippen LogP contribution in [0.3, 0.4) is 0 Å². The summed E-state index contributed by atoms with van der Waals surface area (Å²) in [6.45, 7) is 0.00887. The van der Waals surface area contributed by atoms with E-state index >= 15 is 0 Å². The molecule has 13 heteroatoms. The van der Waals surface area contributed by atoms with Crippen LogP contribution in [0.5, 0.6) is 0 Å². The van der Waals surface area contributed by atoms with Gasteiger partial charge in [-0.25, -0.2) is 0 Å². The number of anilines is 1. The molecule has 186 valence electrons. The predicted octanol–water partition coefficient (Wildman–Crippen LogP) is 0.869. The SMILES string of the molecule is CON=C(C(=O)NC1C(=O)N2CC(Cc3nccc4ccccc34)(C(=O)O)CS[C@H]12)c1cc(N)on1. The van der Waals surface area contributed by atoms with Crippen molar-refractivity contribution in [2.45, 2.75) is 17.8 Å². The Kier molecular flexibility index (Phi) is 6.00. The summed E-state index contributed by atoms with van der Waals surface area (Å²) in [7, 11) is 1.26. The molecular weight excluding hydrogens is 488 g/mol. The summed E-state index contributed by atoms with van der Waals surface area (Å²) in [4.78, 5) is 49.0. The van der Waals surface area contributed by atoms with Crippen molar-refractivity contribution in [3.63, 3.8) is 0 Å². The number of aromatic nitrogens is 2. The van der Waals surface area contributed by atoms with Gasteiger partial charge >= 0.3 is 5.97 Å². The molecule has 0 spiro atoms. The first-order valence-corrected chi connectivity index (χ1v) is 12.0. The number of benzene rings is 1. The summed E-state index contributed by atoms with van der Waals surface area (Å²) in [5, 5.41) is 21.6. The average molecular weight is 511 g/mol. The molecule has 2 aliphatic heterocycles. The summed E-state index contributed by atoms with van der Waals surface area (Å²) < 4.78 is 4.79. The fraction of sp³-hybridized carbons (Fsp3) is 0.304. The van der Waals surface area contributed by atoms with Gasteiger partial charge in [0.05, 0.1) is 5.41 Å². The summed E-state index contributed by atoms with van der Waals surface area (Å²) in [5.41, 5.74) is 4.82. The molecule has 3 atom stereocenters. The molecule has 36 heavy (non-hydrogen) atoms. The van der Waals surface area contributed by atoms with Crippen LogP contribution in [-0.2, 0) is 25.6 Å². The van der Waals surface area contributed by atoms with E-state index in [4.69, 9.17) is 15.1 Å². The number of nitrogens with one attached hydrogen (secondary N) is 1. The summed E-state index contributed by atoms with van der Waals surface area (Å²) in [6.07, 6.45) is 1.83. The number of carbonyl (C=O) groups excluding carboxylic acids is 2. The van der Waals surface area contributed by atoms with Gasteiger partial charge in [0.2, 0.25) is 11.8 Å². The minimum atomic E-state index is -1.22. The highest BCUT2D eigenvalue weighted by atomic mass is 32.2. The number of nitrogens with zero attached hydrogens (tertiary/aromatic N) is 4. The van der Waals surface area contributed by atoms with E-state index in [1.165, 1.54) is 29.8 Å². The molecular formula is C23H22N6O6S. The first-order valence-electron chi connectivity index (χ1n) is 11.0. The second kappa shape index (κ2) is 9.15. The maximum absolute atomic E-state index is 13.0. The molecule has 2 aromatic heterocycles. The number of rotatable bonds is 7. The Morgan fingerprint density at radius 3 is 2.92 bits per heavy atom. The zero-order valence-corrected chi connectivity index (χ0v) is 19.9. The van der Waals surface area contributed by atoms with Crippen LogP contribution in [0.15, 0.2) is 52.3 Å². The first kappa shape index (κ1) is 23.6. The Bertz CT molecular complexity index is 1390. The van der Waals surface area contributed by atoms with Crippen LogP contribution < -0.4 is 11.1 Å². The van der Waals surface area contributed by atoms with Crippen molar-refractivity contribution in [2.75, 3.05) is 25.1 Å². The highest BCUT2D eigenvalue weighted by Crippen LogP contribution is 2.44. The number of pyridine rings is 1. The molecule has 12 nitrogen and oxygen atoms in total. The number of β-lactam (4-membered cyclic amide) rings is 1. The third kappa shape index (κ3) is 4.00. The monoisotopic (exact) mass is 510 g/mol. The normalized spacial score (nSPS) is 23.6. The number of carboxylic acid groups (broad SMARTS) is 1. The highest BCUT2D eigenvalue weighted by molar-refractivity contribution is 8.00. The largest absolute Gasteiger partial charge is 0.481 e. The highest BCUT2D eigenvalue weighted by Gasteiger charge is 2.57. The molecule has 3 aromatic rings.